The summed E-state index contributed by atoms with van der Waals surface area (Å²) in [5.74, 6) is 0.201. The van der Waals surface area contributed by atoms with Gasteiger partial charge in [-0.05, 0) is 31.2 Å². The average Bonchev–Trinajstić information content (AvgIpc) is 2.38. The minimum Gasteiger partial charge on any atom is -0.375 e. The Balaban J connectivity index is 2.09. The molecule has 1 aliphatic rings. The number of benzene rings is 1. The second kappa shape index (κ2) is 5.32. The molecule has 92 valence electrons. The van der Waals surface area contributed by atoms with Crippen molar-refractivity contribution in [2.24, 2.45) is 0 Å². The Kier molecular flexibility index (Phi) is 3.79. The summed E-state index contributed by atoms with van der Waals surface area (Å²) in [5.41, 5.74) is 1.98. The molecule has 17 heavy (non-hydrogen) atoms. The highest BCUT2D eigenvalue weighted by molar-refractivity contribution is 5.96. The Bertz CT molecular complexity index is 386. The number of rotatable bonds is 3. The van der Waals surface area contributed by atoms with Crippen molar-refractivity contribution in [3.63, 3.8) is 0 Å². The van der Waals surface area contributed by atoms with Crippen LogP contribution >= 0.6 is 0 Å². The molecule has 0 N–H and O–H groups in total. The summed E-state index contributed by atoms with van der Waals surface area (Å²) < 4.78 is 5.51. The number of carbonyl (C=O) groups is 1. The molecular formula is C14H19NO2. The normalized spacial score (nSPS) is 20.4. The van der Waals surface area contributed by atoms with Crippen LogP contribution in [0.4, 0.5) is 5.69 Å². The van der Waals surface area contributed by atoms with Crippen LogP contribution in [0.15, 0.2) is 24.3 Å². The molecule has 0 bridgehead atoms. The van der Waals surface area contributed by atoms with E-state index >= 15 is 0 Å². The van der Waals surface area contributed by atoms with Crippen LogP contribution in [0.2, 0.25) is 0 Å². The Morgan fingerprint density at radius 3 is 2.71 bits per heavy atom. The van der Waals surface area contributed by atoms with Crippen molar-refractivity contribution in [1.82, 2.24) is 0 Å². The zero-order valence-electron chi connectivity index (χ0n) is 10.5. The molecule has 0 saturated carbocycles. The monoisotopic (exact) mass is 233 g/mol. The second-order valence-corrected chi connectivity index (χ2v) is 4.45. The number of hydrogen-bond donors (Lipinski definition) is 0. The minimum atomic E-state index is 0.201. The van der Waals surface area contributed by atoms with Crippen LogP contribution in [-0.4, -0.2) is 31.6 Å². The summed E-state index contributed by atoms with van der Waals surface area (Å²) >= 11 is 0. The van der Waals surface area contributed by atoms with Crippen LogP contribution in [0, 0.1) is 0 Å². The fourth-order valence-corrected chi connectivity index (χ4v) is 2.12. The van der Waals surface area contributed by atoms with Gasteiger partial charge in [0.1, 0.15) is 0 Å². The van der Waals surface area contributed by atoms with Crippen molar-refractivity contribution in [2.45, 2.75) is 26.4 Å². The first kappa shape index (κ1) is 12.1. The van der Waals surface area contributed by atoms with Crippen molar-refractivity contribution in [1.29, 1.82) is 0 Å². The molecular weight excluding hydrogens is 214 g/mol. The Morgan fingerprint density at radius 1 is 1.41 bits per heavy atom. The molecule has 3 nitrogen and oxygen atoms in total. The highest BCUT2D eigenvalue weighted by Gasteiger charge is 2.16. The first-order valence-corrected chi connectivity index (χ1v) is 6.20. The molecule has 1 fully saturated rings. The van der Waals surface area contributed by atoms with Gasteiger partial charge in [0, 0.05) is 30.8 Å². The van der Waals surface area contributed by atoms with Crippen molar-refractivity contribution in [2.75, 3.05) is 24.6 Å². The van der Waals surface area contributed by atoms with Crippen molar-refractivity contribution in [3.8, 4) is 0 Å². The lowest BCUT2D eigenvalue weighted by Gasteiger charge is -2.33. The van der Waals surface area contributed by atoms with Crippen LogP contribution in [0.1, 0.15) is 30.6 Å². The molecule has 1 unspecified atom stereocenters. The van der Waals surface area contributed by atoms with E-state index in [1.54, 1.807) is 0 Å². The Morgan fingerprint density at radius 2 is 2.12 bits per heavy atom. The van der Waals surface area contributed by atoms with Gasteiger partial charge in [-0.3, -0.25) is 4.79 Å². The van der Waals surface area contributed by atoms with E-state index in [1.165, 1.54) is 5.69 Å². The van der Waals surface area contributed by atoms with Gasteiger partial charge in [0.2, 0.25) is 0 Å². The van der Waals surface area contributed by atoms with E-state index in [2.05, 4.69) is 11.8 Å². The molecule has 3 heteroatoms. The van der Waals surface area contributed by atoms with Crippen LogP contribution < -0.4 is 4.90 Å². The van der Waals surface area contributed by atoms with Gasteiger partial charge in [-0.1, -0.05) is 6.92 Å². The molecule has 0 aliphatic carbocycles. The van der Waals surface area contributed by atoms with E-state index in [0.29, 0.717) is 6.42 Å². The number of ether oxygens (including phenoxy) is 1. The molecule has 1 heterocycles. The maximum Gasteiger partial charge on any atom is 0.162 e. The first-order valence-electron chi connectivity index (χ1n) is 6.20. The third kappa shape index (κ3) is 2.86. The summed E-state index contributed by atoms with van der Waals surface area (Å²) in [6.45, 7) is 6.59. The third-order valence-electron chi connectivity index (χ3n) is 3.12. The summed E-state index contributed by atoms with van der Waals surface area (Å²) in [6, 6.07) is 7.89. The van der Waals surface area contributed by atoms with Crippen molar-refractivity contribution in [3.05, 3.63) is 29.8 Å². The van der Waals surface area contributed by atoms with E-state index in [0.717, 1.165) is 25.3 Å². The van der Waals surface area contributed by atoms with Gasteiger partial charge >= 0.3 is 0 Å². The van der Waals surface area contributed by atoms with Gasteiger partial charge in [-0.2, -0.15) is 0 Å². The van der Waals surface area contributed by atoms with Gasteiger partial charge < -0.3 is 9.64 Å². The number of ketones is 1. The smallest absolute Gasteiger partial charge is 0.162 e. The van der Waals surface area contributed by atoms with Crippen molar-refractivity contribution < 1.29 is 9.53 Å². The molecule has 0 aromatic heterocycles. The van der Waals surface area contributed by atoms with Crippen LogP contribution in [0.5, 0.6) is 0 Å². The van der Waals surface area contributed by atoms with Crippen LogP contribution in [0.25, 0.3) is 0 Å². The standard InChI is InChI=1S/C14H19NO2/c1-3-14(16)12-4-6-13(7-5-12)15-8-9-17-11(2)10-15/h4-7,11H,3,8-10H2,1-2H3. The van der Waals surface area contributed by atoms with Crippen LogP contribution in [-0.2, 0) is 4.74 Å². The maximum absolute atomic E-state index is 11.5. The van der Waals surface area contributed by atoms with Crippen LogP contribution in [0.3, 0.4) is 0 Å². The summed E-state index contributed by atoms with van der Waals surface area (Å²) in [4.78, 5) is 13.8. The second-order valence-electron chi connectivity index (χ2n) is 4.45. The predicted octanol–water partition coefficient (Wildman–Crippen LogP) is 2.50. The molecule has 1 saturated heterocycles. The molecule has 0 amide bonds. The Labute approximate surface area is 102 Å². The zero-order valence-corrected chi connectivity index (χ0v) is 10.5. The molecule has 1 aromatic carbocycles. The minimum absolute atomic E-state index is 0.201. The molecule has 1 aromatic rings. The number of hydrogen-bond acceptors (Lipinski definition) is 3. The SMILES string of the molecule is CCC(=O)c1ccc(N2CCOC(C)C2)cc1. The van der Waals surface area contributed by atoms with E-state index in [9.17, 15) is 4.79 Å². The molecule has 1 atom stereocenters. The molecule has 1 aliphatic heterocycles. The third-order valence-corrected chi connectivity index (χ3v) is 3.12. The van der Waals surface area contributed by atoms with Gasteiger partial charge in [0.05, 0.1) is 12.7 Å². The summed E-state index contributed by atoms with van der Waals surface area (Å²) in [5, 5.41) is 0. The summed E-state index contributed by atoms with van der Waals surface area (Å²) in [7, 11) is 0. The van der Waals surface area contributed by atoms with E-state index in [4.69, 9.17) is 4.74 Å². The number of morpholine rings is 1. The number of nitrogens with zero attached hydrogens (tertiary/aromatic N) is 1. The quantitative estimate of drug-likeness (QED) is 0.751. The molecule has 2 rings (SSSR count). The number of carbonyl (C=O) groups excluding carboxylic acids is 1. The lowest BCUT2D eigenvalue weighted by molar-refractivity contribution is 0.0532. The fraction of sp³-hybridized carbons (Fsp3) is 0.500. The van der Waals surface area contributed by atoms with E-state index in [1.807, 2.05) is 31.2 Å². The molecule has 0 radical (unpaired) electrons. The zero-order chi connectivity index (χ0) is 12.3. The number of anilines is 1. The largest absolute Gasteiger partial charge is 0.375 e. The lowest BCUT2D eigenvalue weighted by Crippen LogP contribution is -2.41. The average molecular weight is 233 g/mol. The van der Waals surface area contributed by atoms with Gasteiger partial charge in [-0.25, -0.2) is 0 Å². The maximum atomic E-state index is 11.5. The number of Topliss-reactive ketones (excluding diaryl/α,β-unsaturated/α-hetero) is 1. The first-order chi connectivity index (χ1) is 8.20. The summed E-state index contributed by atoms with van der Waals surface area (Å²) in [6.07, 6.45) is 0.842. The van der Waals surface area contributed by atoms with Crippen molar-refractivity contribution >= 4 is 11.5 Å². The van der Waals surface area contributed by atoms with Gasteiger partial charge in [-0.15, -0.1) is 0 Å². The Hall–Kier alpha value is -1.35. The lowest BCUT2D eigenvalue weighted by atomic mass is 10.1. The van der Waals surface area contributed by atoms with E-state index in [-0.39, 0.29) is 11.9 Å². The molecule has 0 spiro atoms. The predicted molar refractivity (Wildman–Crippen MR) is 68.7 cm³/mol. The van der Waals surface area contributed by atoms with E-state index < -0.39 is 0 Å². The van der Waals surface area contributed by atoms with Gasteiger partial charge in [0.25, 0.3) is 0 Å². The van der Waals surface area contributed by atoms with Gasteiger partial charge in [0.15, 0.2) is 5.78 Å². The highest BCUT2D eigenvalue weighted by atomic mass is 16.5. The fourth-order valence-electron chi connectivity index (χ4n) is 2.12. The highest BCUT2D eigenvalue weighted by Crippen LogP contribution is 2.18. The topological polar surface area (TPSA) is 29.5 Å².